The molecule has 2 aliphatic heterocycles. The number of carbonyl (C=O) groups is 2. The SMILES string of the molecule is COc1ccc(COCC(=O)NC2C[C@H]3CC[C@H](C2)N3C(=O)C2CC2c2ccccc2)cc1. The summed E-state index contributed by atoms with van der Waals surface area (Å²) < 4.78 is 10.8. The lowest BCUT2D eigenvalue weighted by Gasteiger charge is -2.39. The van der Waals surface area contributed by atoms with E-state index in [-0.39, 0.29) is 36.6 Å². The molecule has 2 saturated heterocycles. The molecule has 0 aromatic heterocycles. The quantitative estimate of drug-likeness (QED) is 0.669. The molecule has 2 unspecified atom stereocenters. The van der Waals surface area contributed by atoms with Gasteiger partial charge in [0.25, 0.3) is 0 Å². The lowest BCUT2D eigenvalue weighted by molar-refractivity contribution is -0.137. The number of carbonyl (C=O) groups excluding carboxylic acids is 2. The van der Waals surface area contributed by atoms with E-state index in [1.807, 2.05) is 42.5 Å². The van der Waals surface area contributed by atoms with Crippen LogP contribution in [-0.4, -0.2) is 48.6 Å². The number of nitrogens with one attached hydrogen (secondary N) is 1. The van der Waals surface area contributed by atoms with Crippen LogP contribution >= 0.6 is 0 Å². The third kappa shape index (κ3) is 4.91. The summed E-state index contributed by atoms with van der Waals surface area (Å²) >= 11 is 0. The molecule has 2 aromatic carbocycles. The number of piperidine rings is 1. The molecule has 3 aliphatic rings. The molecule has 4 atom stereocenters. The summed E-state index contributed by atoms with van der Waals surface area (Å²) in [7, 11) is 1.63. The summed E-state index contributed by atoms with van der Waals surface area (Å²) in [5.41, 5.74) is 2.28. The van der Waals surface area contributed by atoms with Crippen molar-refractivity contribution in [1.29, 1.82) is 0 Å². The second-order valence-corrected chi connectivity index (χ2v) is 9.57. The highest BCUT2D eigenvalue weighted by molar-refractivity contribution is 5.84. The number of methoxy groups -OCH3 is 1. The van der Waals surface area contributed by atoms with E-state index >= 15 is 0 Å². The van der Waals surface area contributed by atoms with E-state index in [1.165, 1.54) is 5.56 Å². The van der Waals surface area contributed by atoms with Crippen LogP contribution < -0.4 is 10.1 Å². The van der Waals surface area contributed by atoms with Crippen LogP contribution in [0.15, 0.2) is 54.6 Å². The van der Waals surface area contributed by atoms with Gasteiger partial charge >= 0.3 is 0 Å². The van der Waals surface area contributed by atoms with Crippen molar-refractivity contribution in [2.24, 2.45) is 5.92 Å². The van der Waals surface area contributed by atoms with Crippen molar-refractivity contribution in [3.63, 3.8) is 0 Å². The van der Waals surface area contributed by atoms with E-state index in [9.17, 15) is 9.59 Å². The number of benzene rings is 2. The summed E-state index contributed by atoms with van der Waals surface area (Å²) in [6.07, 6.45) is 4.73. The highest BCUT2D eigenvalue weighted by atomic mass is 16.5. The summed E-state index contributed by atoms with van der Waals surface area (Å²) in [5.74, 6) is 1.54. The average Bonchev–Trinajstić information content (AvgIpc) is 3.59. The standard InChI is InChI=1S/C27H32N2O4/c1-32-23-11-7-18(8-12-23)16-33-17-26(30)28-20-13-21-9-10-22(14-20)29(21)27(31)25-15-24(25)19-5-3-2-4-6-19/h2-8,11-12,20-22,24-25H,9-10,13-17H2,1H3,(H,28,30)/t21-,22-,24?,25?/m1/s1. The lowest BCUT2D eigenvalue weighted by atomic mass is 9.96. The number of nitrogens with zero attached hydrogens (tertiary/aromatic N) is 1. The highest BCUT2D eigenvalue weighted by Gasteiger charge is 2.51. The summed E-state index contributed by atoms with van der Waals surface area (Å²) in [5, 5.41) is 3.14. The minimum atomic E-state index is -0.0842. The predicted molar refractivity (Wildman–Crippen MR) is 125 cm³/mol. The summed E-state index contributed by atoms with van der Waals surface area (Å²) in [6.45, 7) is 0.431. The Balaban J connectivity index is 1.08. The first kappa shape index (κ1) is 22.0. The van der Waals surface area contributed by atoms with Gasteiger partial charge in [-0.05, 0) is 61.3 Å². The number of hydrogen-bond acceptors (Lipinski definition) is 4. The maximum absolute atomic E-state index is 13.3. The van der Waals surface area contributed by atoms with Crippen LogP contribution in [0.5, 0.6) is 5.75 Å². The summed E-state index contributed by atoms with van der Waals surface area (Å²) in [6, 6.07) is 18.6. The normalized spacial score (nSPS) is 27.8. The Bertz CT molecular complexity index is 963. The number of fused-ring (bicyclic) bond motifs is 2. The van der Waals surface area contributed by atoms with Crippen LogP contribution in [0.25, 0.3) is 0 Å². The topological polar surface area (TPSA) is 67.9 Å². The van der Waals surface area contributed by atoms with Crippen LogP contribution in [0, 0.1) is 5.92 Å². The Labute approximate surface area is 195 Å². The molecule has 6 nitrogen and oxygen atoms in total. The first-order valence-corrected chi connectivity index (χ1v) is 12.0. The second-order valence-electron chi connectivity index (χ2n) is 9.57. The molecule has 5 rings (SSSR count). The van der Waals surface area contributed by atoms with Gasteiger partial charge in [-0.2, -0.15) is 0 Å². The fraction of sp³-hybridized carbons (Fsp3) is 0.481. The maximum Gasteiger partial charge on any atom is 0.246 e. The molecular formula is C27H32N2O4. The zero-order valence-corrected chi connectivity index (χ0v) is 19.1. The Kier molecular flexibility index (Phi) is 6.36. The first-order valence-electron chi connectivity index (χ1n) is 12.0. The van der Waals surface area contributed by atoms with E-state index in [2.05, 4.69) is 22.3 Å². The van der Waals surface area contributed by atoms with E-state index in [4.69, 9.17) is 9.47 Å². The molecule has 1 N–H and O–H groups in total. The van der Waals surface area contributed by atoms with Gasteiger partial charge in [0, 0.05) is 24.0 Å². The third-order valence-electron chi connectivity index (χ3n) is 7.35. The maximum atomic E-state index is 13.3. The van der Waals surface area contributed by atoms with Crippen molar-refractivity contribution < 1.29 is 19.1 Å². The van der Waals surface area contributed by atoms with Gasteiger partial charge in [0.05, 0.1) is 13.7 Å². The molecule has 2 heterocycles. The molecule has 3 fully saturated rings. The molecule has 2 aromatic rings. The molecule has 33 heavy (non-hydrogen) atoms. The molecule has 1 aliphatic carbocycles. The van der Waals surface area contributed by atoms with E-state index in [0.717, 1.165) is 43.4 Å². The molecule has 2 amide bonds. The van der Waals surface area contributed by atoms with Crippen LogP contribution in [0.4, 0.5) is 0 Å². The monoisotopic (exact) mass is 448 g/mol. The fourth-order valence-electron chi connectivity index (χ4n) is 5.64. The van der Waals surface area contributed by atoms with Crippen LogP contribution in [0.2, 0.25) is 0 Å². The molecule has 1 saturated carbocycles. The van der Waals surface area contributed by atoms with Crippen molar-refractivity contribution >= 4 is 11.8 Å². The number of rotatable bonds is 8. The van der Waals surface area contributed by atoms with Crippen LogP contribution in [-0.2, 0) is 20.9 Å². The van der Waals surface area contributed by atoms with Crippen molar-refractivity contribution in [2.45, 2.75) is 62.8 Å². The largest absolute Gasteiger partial charge is 0.497 e. The van der Waals surface area contributed by atoms with Gasteiger partial charge < -0.3 is 19.7 Å². The van der Waals surface area contributed by atoms with E-state index < -0.39 is 0 Å². The van der Waals surface area contributed by atoms with Gasteiger partial charge in [-0.25, -0.2) is 0 Å². The van der Waals surface area contributed by atoms with Crippen LogP contribution in [0.1, 0.15) is 49.1 Å². The minimum Gasteiger partial charge on any atom is -0.497 e. The first-order chi connectivity index (χ1) is 16.1. The molecule has 6 heteroatoms. The number of hydrogen-bond donors (Lipinski definition) is 1. The predicted octanol–water partition coefficient (Wildman–Crippen LogP) is 3.65. The molecular weight excluding hydrogens is 416 g/mol. The van der Waals surface area contributed by atoms with Crippen molar-refractivity contribution in [3.05, 3.63) is 65.7 Å². The fourth-order valence-corrected chi connectivity index (χ4v) is 5.64. The summed E-state index contributed by atoms with van der Waals surface area (Å²) in [4.78, 5) is 27.9. The lowest BCUT2D eigenvalue weighted by Crippen LogP contribution is -2.53. The highest BCUT2D eigenvalue weighted by Crippen LogP contribution is 2.50. The molecule has 2 bridgehead atoms. The van der Waals surface area contributed by atoms with Crippen molar-refractivity contribution in [3.8, 4) is 5.75 Å². The van der Waals surface area contributed by atoms with Crippen molar-refractivity contribution in [2.75, 3.05) is 13.7 Å². The Morgan fingerprint density at radius 3 is 2.33 bits per heavy atom. The van der Waals surface area contributed by atoms with Gasteiger partial charge in [-0.15, -0.1) is 0 Å². The number of ether oxygens (including phenoxy) is 2. The zero-order valence-electron chi connectivity index (χ0n) is 19.1. The van der Waals surface area contributed by atoms with Crippen molar-refractivity contribution in [1.82, 2.24) is 10.2 Å². The van der Waals surface area contributed by atoms with Gasteiger partial charge in [-0.1, -0.05) is 42.5 Å². The number of amides is 2. The van der Waals surface area contributed by atoms with Crippen LogP contribution in [0.3, 0.4) is 0 Å². The average molecular weight is 449 g/mol. The van der Waals surface area contributed by atoms with Gasteiger partial charge in [0.2, 0.25) is 11.8 Å². The Hall–Kier alpha value is -2.86. The minimum absolute atomic E-state index is 0.0430. The Morgan fingerprint density at radius 2 is 1.67 bits per heavy atom. The zero-order chi connectivity index (χ0) is 22.8. The smallest absolute Gasteiger partial charge is 0.246 e. The molecule has 0 radical (unpaired) electrons. The van der Waals surface area contributed by atoms with Gasteiger partial charge in [0.1, 0.15) is 12.4 Å². The molecule has 174 valence electrons. The van der Waals surface area contributed by atoms with E-state index in [0.29, 0.717) is 18.4 Å². The Morgan fingerprint density at radius 1 is 0.970 bits per heavy atom. The van der Waals surface area contributed by atoms with E-state index in [1.54, 1.807) is 7.11 Å². The van der Waals surface area contributed by atoms with Gasteiger partial charge in [-0.3, -0.25) is 9.59 Å². The second kappa shape index (κ2) is 9.56. The third-order valence-corrected chi connectivity index (χ3v) is 7.35. The van der Waals surface area contributed by atoms with Gasteiger partial charge in [0.15, 0.2) is 0 Å². The molecule has 0 spiro atoms.